The van der Waals surface area contributed by atoms with Crippen molar-refractivity contribution in [3.8, 4) is 11.1 Å². The van der Waals surface area contributed by atoms with Crippen molar-refractivity contribution in [3.63, 3.8) is 0 Å². The fourth-order valence-corrected chi connectivity index (χ4v) is 3.96. The lowest BCUT2D eigenvalue weighted by atomic mass is 9.99. The largest absolute Gasteiger partial charge is 0.465 e. The number of carbonyl (C=O) groups is 3. The van der Waals surface area contributed by atoms with Gasteiger partial charge in [-0.2, -0.15) is 0 Å². The molecule has 0 unspecified atom stereocenters. The minimum absolute atomic E-state index is 0.0337. The molecule has 4 N–H and O–H groups in total. The maximum Gasteiger partial charge on any atom is 0.412 e. The summed E-state index contributed by atoms with van der Waals surface area (Å²) in [5.74, 6) is -0.0941. The van der Waals surface area contributed by atoms with Gasteiger partial charge in [0.1, 0.15) is 0 Å². The third-order valence-corrected chi connectivity index (χ3v) is 5.72. The monoisotopic (exact) mass is 422 g/mol. The van der Waals surface area contributed by atoms with Crippen LogP contribution in [0.15, 0.2) is 42.5 Å². The topological polar surface area (TPSA) is 116 Å². The van der Waals surface area contributed by atoms with Crippen molar-refractivity contribution < 1.29 is 19.5 Å². The molecule has 0 radical (unpaired) electrons. The van der Waals surface area contributed by atoms with Crippen LogP contribution in [-0.2, 0) is 4.79 Å². The Bertz CT molecular complexity index is 1020. The predicted octanol–water partition coefficient (Wildman–Crippen LogP) is 2.67. The van der Waals surface area contributed by atoms with Gasteiger partial charge >= 0.3 is 6.09 Å². The average Bonchev–Trinajstić information content (AvgIpc) is 3.61. The summed E-state index contributed by atoms with van der Waals surface area (Å²) in [6.07, 6.45) is 0.734. The Balaban J connectivity index is 1.68. The second-order valence-corrected chi connectivity index (χ2v) is 8.05. The van der Waals surface area contributed by atoms with E-state index in [1.165, 1.54) is 4.90 Å². The van der Waals surface area contributed by atoms with Crippen molar-refractivity contribution in [1.82, 2.24) is 5.32 Å². The first kappa shape index (κ1) is 20.9. The molecule has 8 nitrogen and oxygen atoms in total. The number of benzene rings is 2. The minimum atomic E-state index is -1.03. The van der Waals surface area contributed by atoms with Crippen LogP contribution in [0, 0.1) is 5.92 Å². The number of nitrogens with two attached hydrogens (primary N) is 1. The van der Waals surface area contributed by atoms with Gasteiger partial charge in [0, 0.05) is 31.1 Å². The summed E-state index contributed by atoms with van der Waals surface area (Å²) in [6.45, 7) is 2.93. The molecule has 1 fully saturated rings. The molecule has 2 aromatic carbocycles. The molecule has 3 amide bonds. The Morgan fingerprint density at radius 1 is 1.06 bits per heavy atom. The fourth-order valence-electron chi connectivity index (χ4n) is 3.96. The molecule has 1 aliphatic heterocycles. The molecular formula is C23H26N4O4. The number of fused-ring (bicyclic) bond motifs is 1. The molecule has 2 aliphatic rings. The lowest BCUT2D eigenvalue weighted by Gasteiger charge is -2.40. The van der Waals surface area contributed by atoms with Gasteiger partial charge in [0.15, 0.2) is 0 Å². The highest BCUT2D eigenvalue weighted by Crippen LogP contribution is 2.42. The maximum absolute atomic E-state index is 12.9. The summed E-state index contributed by atoms with van der Waals surface area (Å²) < 4.78 is 0. The molecule has 1 atom stereocenters. The highest BCUT2D eigenvalue weighted by molar-refractivity contribution is 6.05. The van der Waals surface area contributed by atoms with Crippen LogP contribution in [0.3, 0.4) is 0 Å². The lowest BCUT2D eigenvalue weighted by Crippen LogP contribution is -2.52. The lowest BCUT2D eigenvalue weighted by molar-refractivity contribution is -0.119. The number of anilines is 2. The van der Waals surface area contributed by atoms with Crippen molar-refractivity contribution in [2.24, 2.45) is 11.7 Å². The van der Waals surface area contributed by atoms with E-state index in [1.807, 2.05) is 31.2 Å². The molecule has 1 aliphatic carbocycles. The van der Waals surface area contributed by atoms with Crippen molar-refractivity contribution in [1.29, 1.82) is 0 Å². The van der Waals surface area contributed by atoms with Crippen molar-refractivity contribution in [3.05, 3.63) is 48.0 Å². The number of nitrogens with zero attached hydrogens (tertiary/aromatic N) is 2. The number of carbonyl (C=O) groups excluding carboxylic acids is 2. The van der Waals surface area contributed by atoms with Gasteiger partial charge in [-0.15, -0.1) is 0 Å². The van der Waals surface area contributed by atoms with Crippen LogP contribution >= 0.6 is 0 Å². The van der Waals surface area contributed by atoms with Crippen molar-refractivity contribution in [2.75, 3.05) is 29.4 Å². The average molecular weight is 422 g/mol. The summed E-state index contributed by atoms with van der Waals surface area (Å²) in [5, 5.41) is 12.4. The normalized spacial score (nSPS) is 17.8. The van der Waals surface area contributed by atoms with Crippen LogP contribution in [0.1, 0.15) is 30.1 Å². The van der Waals surface area contributed by atoms with E-state index in [1.54, 1.807) is 23.1 Å². The number of hydrogen-bond donors (Lipinski definition) is 3. The van der Waals surface area contributed by atoms with E-state index in [0.717, 1.165) is 24.0 Å². The zero-order valence-corrected chi connectivity index (χ0v) is 17.4. The Labute approximate surface area is 180 Å². The molecule has 162 valence electrons. The molecule has 0 spiro atoms. The van der Waals surface area contributed by atoms with E-state index in [0.29, 0.717) is 36.6 Å². The summed E-state index contributed by atoms with van der Waals surface area (Å²) in [6, 6.07) is 12.3. The van der Waals surface area contributed by atoms with E-state index < -0.39 is 6.09 Å². The number of nitrogens with one attached hydrogen (secondary N) is 1. The summed E-state index contributed by atoms with van der Waals surface area (Å²) in [7, 11) is 0. The molecule has 0 aromatic heterocycles. The Morgan fingerprint density at radius 2 is 1.74 bits per heavy atom. The molecule has 4 rings (SSSR count). The van der Waals surface area contributed by atoms with E-state index >= 15 is 0 Å². The molecule has 0 bridgehead atoms. The van der Waals surface area contributed by atoms with Gasteiger partial charge in [-0.25, -0.2) is 4.79 Å². The first-order valence-corrected chi connectivity index (χ1v) is 10.5. The quantitative estimate of drug-likeness (QED) is 0.685. The Morgan fingerprint density at radius 3 is 2.35 bits per heavy atom. The first-order chi connectivity index (χ1) is 14.9. The van der Waals surface area contributed by atoms with Crippen LogP contribution in [-0.4, -0.2) is 48.7 Å². The number of carboxylic acid groups (broad SMARTS) is 1. The Kier molecular flexibility index (Phi) is 5.65. The second kappa shape index (κ2) is 8.39. The molecule has 8 heteroatoms. The van der Waals surface area contributed by atoms with Gasteiger partial charge in [-0.3, -0.25) is 14.5 Å². The van der Waals surface area contributed by atoms with Gasteiger partial charge < -0.3 is 21.1 Å². The standard InChI is InChI=1S/C23H26N4O4/c1-14-13-26(22(29)17-6-7-17)20-12-18(8-9-19(20)27(14)23(30)31)15-2-4-16(5-3-15)21(28)25-11-10-24/h2-5,8-9,12,14,17H,6-7,10-11,13,24H2,1H3,(H,25,28)(H,30,31)/t14-/m0/s1. The van der Waals surface area contributed by atoms with Crippen LogP contribution < -0.4 is 20.9 Å². The SMILES string of the molecule is C[C@H]1CN(C(=O)C2CC2)c2cc(-c3ccc(C(=O)NCCN)cc3)ccc2N1C(=O)O. The van der Waals surface area contributed by atoms with E-state index in [4.69, 9.17) is 5.73 Å². The molecule has 2 aromatic rings. The highest BCUT2D eigenvalue weighted by Gasteiger charge is 2.40. The van der Waals surface area contributed by atoms with Crippen molar-refractivity contribution in [2.45, 2.75) is 25.8 Å². The zero-order chi connectivity index (χ0) is 22.1. The molecule has 0 saturated heterocycles. The first-order valence-electron chi connectivity index (χ1n) is 10.5. The summed E-state index contributed by atoms with van der Waals surface area (Å²) in [4.78, 5) is 39.9. The smallest absolute Gasteiger partial charge is 0.412 e. The van der Waals surface area contributed by atoms with Gasteiger partial charge in [-0.05, 0) is 55.2 Å². The van der Waals surface area contributed by atoms with Crippen LogP contribution in [0.25, 0.3) is 11.1 Å². The van der Waals surface area contributed by atoms with Gasteiger partial charge in [-0.1, -0.05) is 18.2 Å². The summed E-state index contributed by atoms with van der Waals surface area (Å²) in [5.41, 5.74) is 8.80. The maximum atomic E-state index is 12.9. The van der Waals surface area contributed by atoms with E-state index in [9.17, 15) is 19.5 Å². The van der Waals surface area contributed by atoms with Gasteiger partial charge in [0.05, 0.1) is 17.4 Å². The van der Waals surface area contributed by atoms with Gasteiger partial charge in [0.25, 0.3) is 5.91 Å². The molecule has 1 heterocycles. The third kappa shape index (κ3) is 4.11. The van der Waals surface area contributed by atoms with E-state index in [-0.39, 0.29) is 23.8 Å². The minimum Gasteiger partial charge on any atom is -0.465 e. The van der Waals surface area contributed by atoms with Crippen LogP contribution in [0.5, 0.6) is 0 Å². The molecule has 31 heavy (non-hydrogen) atoms. The highest BCUT2D eigenvalue weighted by atomic mass is 16.4. The number of rotatable bonds is 5. The second-order valence-electron chi connectivity index (χ2n) is 8.05. The van der Waals surface area contributed by atoms with Gasteiger partial charge in [0.2, 0.25) is 5.91 Å². The van der Waals surface area contributed by atoms with Crippen molar-refractivity contribution >= 4 is 29.3 Å². The Hall–Kier alpha value is -3.39. The van der Waals surface area contributed by atoms with Crippen LogP contribution in [0.2, 0.25) is 0 Å². The molecular weight excluding hydrogens is 396 g/mol. The third-order valence-electron chi connectivity index (χ3n) is 5.72. The van der Waals surface area contributed by atoms with E-state index in [2.05, 4.69) is 5.32 Å². The summed E-state index contributed by atoms with van der Waals surface area (Å²) >= 11 is 0. The number of amides is 3. The van der Waals surface area contributed by atoms with Crippen LogP contribution in [0.4, 0.5) is 16.2 Å². The zero-order valence-electron chi connectivity index (χ0n) is 17.4. The molecule has 1 saturated carbocycles. The fraction of sp³-hybridized carbons (Fsp3) is 0.348. The number of hydrogen-bond acceptors (Lipinski definition) is 4. The predicted molar refractivity (Wildman–Crippen MR) is 118 cm³/mol.